The Balaban J connectivity index is 1.32. The first-order valence-corrected chi connectivity index (χ1v) is 11.5. The van der Waals surface area contributed by atoms with Crippen LogP contribution in [0.25, 0.3) is 10.2 Å². The van der Waals surface area contributed by atoms with Crippen LogP contribution in [0.1, 0.15) is 40.2 Å². The molecule has 2 aliphatic heterocycles. The van der Waals surface area contributed by atoms with Crippen LogP contribution in [0.2, 0.25) is 0 Å². The van der Waals surface area contributed by atoms with E-state index in [1.807, 2.05) is 25.1 Å². The number of nitrogen functional groups attached to an aromatic ring is 1. The third kappa shape index (κ3) is 3.80. The number of fused-ring (bicyclic) bond motifs is 2. The Morgan fingerprint density at radius 1 is 1.29 bits per heavy atom. The van der Waals surface area contributed by atoms with E-state index >= 15 is 0 Å². The zero-order chi connectivity index (χ0) is 21.5. The van der Waals surface area contributed by atoms with E-state index in [1.54, 1.807) is 6.07 Å². The highest BCUT2D eigenvalue weighted by Crippen LogP contribution is 2.35. The van der Waals surface area contributed by atoms with Gasteiger partial charge in [-0.25, -0.2) is 9.37 Å². The van der Waals surface area contributed by atoms with E-state index in [0.29, 0.717) is 35.0 Å². The minimum atomic E-state index is -0.250. The van der Waals surface area contributed by atoms with Crippen molar-refractivity contribution in [1.82, 2.24) is 10.3 Å². The third-order valence-corrected chi connectivity index (χ3v) is 7.12. The topological polar surface area (TPSA) is 80.5 Å². The van der Waals surface area contributed by atoms with Gasteiger partial charge in [0.2, 0.25) is 0 Å². The Morgan fingerprint density at radius 2 is 2.10 bits per heavy atom. The molecule has 0 radical (unpaired) electrons. The smallest absolute Gasteiger partial charge is 0.263 e. The predicted octanol–water partition coefficient (Wildman–Crippen LogP) is 4.05. The van der Waals surface area contributed by atoms with Gasteiger partial charge in [-0.05, 0) is 56.4 Å². The maximum absolute atomic E-state index is 14.8. The van der Waals surface area contributed by atoms with Crippen molar-refractivity contribution >= 4 is 38.8 Å². The lowest BCUT2D eigenvalue weighted by Gasteiger charge is -2.31. The van der Waals surface area contributed by atoms with E-state index in [-0.39, 0.29) is 17.8 Å². The number of nitrogens with two attached hydrogens (primary N) is 1. The van der Waals surface area contributed by atoms with Crippen molar-refractivity contribution in [2.24, 2.45) is 0 Å². The van der Waals surface area contributed by atoms with Crippen LogP contribution in [0, 0.1) is 12.7 Å². The first-order chi connectivity index (χ1) is 15.0. The second-order valence-corrected chi connectivity index (χ2v) is 9.29. The molecule has 3 aromatic rings. The molecule has 6 nitrogen and oxygen atoms in total. The SMILES string of the molecule is Cc1ccc2c(N)c(C(=O)N[C@@H]3COc4cc(N5CCCCC5)c(F)cc4C3)sc2n1. The number of aryl methyl sites for hydroxylation is 1. The van der Waals surface area contributed by atoms with Crippen molar-refractivity contribution in [1.29, 1.82) is 0 Å². The fourth-order valence-electron chi connectivity index (χ4n) is 4.37. The van der Waals surface area contributed by atoms with E-state index < -0.39 is 0 Å². The summed E-state index contributed by atoms with van der Waals surface area (Å²) in [5, 5.41) is 3.79. The number of carbonyl (C=O) groups excluding carboxylic acids is 1. The Hall–Kier alpha value is -2.87. The number of benzene rings is 1. The molecule has 1 amide bonds. The molecule has 0 unspecified atom stereocenters. The first-order valence-electron chi connectivity index (χ1n) is 10.7. The molecule has 4 heterocycles. The number of nitrogens with one attached hydrogen (secondary N) is 1. The zero-order valence-corrected chi connectivity index (χ0v) is 18.2. The lowest BCUT2D eigenvalue weighted by molar-refractivity contribution is 0.0920. The molecular formula is C23H25FN4O2S. The van der Waals surface area contributed by atoms with Crippen LogP contribution in [-0.4, -0.2) is 36.6 Å². The van der Waals surface area contributed by atoms with Crippen molar-refractivity contribution in [3.8, 4) is 5.75 Å². The van der Waals surface area contributed by atoms with Crippen LogP contribution in [0.5, 0.6) is 5.75 Å². The third-order valence-electron chi connectivity index (χ3n) is 6.01. The van der Waals surface area contributed by atoms with Crippen LogP contribution < -0.4 is 20.7 Å². The molecule has 2 aliphatic rings. The summed E-state index contributed by atoms with van der Waals surface area (Å²) in [5.41, 5.74) is 8.91. The molecule has 5 rings (SSSR count). The van der Waals surface area contributed by atoms with Gasteiger partial charge in [0, 0.05) is 30.2 Å². The van der Waals surface area contributed by atoms with Crippen LogP contribution in [0.15, 0.2) is 24.3 Å². The number of hydrogen-bond donors (Lipinski definition) is 2. The molecular weight excluding hydrogens is 415 g/mol. The quantitative estimate of drug-likeness (QED) is 0.642. The average molecular weight is 441 g/mol. The highest BCUT2D eigenvalue weighted by Gasteiger charge is 2.27. The van der Waals surface area contributed by atoms with Gasteiger partial charge < -0.3 is 20.7 Å². The number of carbonyl (C=O) groups is 1. The molecule has 1 aromatic carbocycles. The fourth-order valence-corrected chi connectivity index (χ4v) is 5.41. The molecule has 0 bridgehead atoms. The normalized spacial score (nSPS) is 18.5. The standard InChI is InChI=1S/C23H25FN4O2S/c1-13-5-6-16-20(25)21(31-23(16)26-13)22(29)27-15-9-14-10-17(24)18(11-19(14)30-12-15)28-7-3-2-4-8-28/h5-6,10-11,15H,2-4,7-9,12,25H2,1H3,(H,27,29)/t15-/m0/s1. The molecule has 1 atom stereocenters. The molecule has 1 saturated heterocycles. The number of halogens is 1. The van der Waals surface area contributed by atoms with Gasteiger partial charge in [-0.2, -0.15) is 0 Å². The summed E-state index contributed by atoms with van der Waals surface area (Å²) in [4.78, 5) is 20.6. The Kier molecular flexibility index (Phi) is 5.17. The van der Waals surface area contributed by atoms with Gasteiger partial charge in [0.05, 0.1) is 17.4 Å². The summed E-state index contributed by atoms with van der Waals surface area (Å²) in [6.07, 6.45) is 3.88. The first kappa shape index (κ1) is 20.1. The average Bonchev–Trinajstić information content (AvgIpc) is 3.09. The van der Waals surface area contributed by atoms with Gasteiger partial charge >= 0.3 is 0 Å². The number of piperidine rings is 1. The molecule has 2 aromatic heterocycles. The number of hydrogen-bond acceptors (Lipinski definition) is 6. The summed E-state index contributed by atoms with van der Waals surface area (Å²) in [6, 6.07) is 6.89. The Bertz CT molecular complexity index is 1160. The maximum Gasteiger partial charge on any atom is 0.263 e. The van der Waals surface area contributed by atoms with Crippen molar-refractivity contribution in [3.05, 3.63) is 46.2 Å². The molecule has 162 valence electrons. The van der Waals surface area contributed by atoms with Gasteiger partial charge in [-0.3, -0.25) is 4.79 Å². The van der Waals surface area contributed by atoms with E-state index in [9.17, 15) is 9.18 Å². The van der Waals surface area contributed by atoms with E-state index in [1.165, 1.54) is 17.8 Å². The molecule has 0 saturated carbocycles. The summed E-state index contributed by atoms with van der Waals surface area (Å²) >= 11 is 1.29. The van der Waals surface area contributed by atoms with E-state index in [2.05, 4.69) is 15.2 Å². The Labute approximate surface area is 184 Å². The van der Waals surface area contributed by atoms with Crippen LogP contribution in [0.4, 0.5) is 15.8 Å². The highest BCUT2D eigenvalue weighted by atomic mass is 32.1. The number of anilines is 2. The number of pyridine rings is 1. The lowest BCUT2D eigenvalue weighted by Crippen LogP contribution is -2.42. The number of rotatable bonds is 3. The van der Waals surface area contributed by atoms with Crippen molar-refractivity contribution in [2.45, 2.75) is 38.6 Å². The van der Waals surface area contributed by atoms with Crippen molar-refractivity contribution < 1.29 is 13.9 Å². The second-order valence-electron chi connectivity index (χ2n) is 8.29. The number of thiophene rings is 1. The van der Waals surface area contributed by atoms with Crippen LogP contribution in [-0.2, 0) is 6.42 Å². The lowest BCUT2D eigenvalue weighted by atomic mass is 10.0. The minimum Gasteiger partial charge on any atom is -0.491 e. The summed E-state index contributed by atoms with van der Waals surface area (Å²) in [7, 11) is 0. The maximum atomic E-state index is 14.8. The Morgan fingerprint density at radius 3 is 2.90 bits per heavy atom. The van der Waals surface area contributed by atoms with Gasteiger partial charge in [-0.1, -0.05) is 0 Å². The minimum absolute atomic E-state index is 0.230. The fraction of sp³-hybridized carbons (Fsp3) is 0.391. The summed E-state index contributed by atoms with van der Waals surface area (Å²) in [5.74, 6) is 0.223. The van der Waals surface area contributed by atoms with Crippen LogP contribution in [0.3, 0.4) is 0 Å². The molecule has 1 fully saturated rings. The predicted molar refractivity (Wildman–Crippen MR) is 122 cm³/mol. The van der Waals surface area contributed by atoms with Gasteiger partial charge in [0.1, 0.15) is 27.9 Å². The molecule has 31 heavy (non-hydrogen) atoms. The summed E-state index contributed by atoms with van der Waals surface area (Å²) in [6.45, 7) is 3.99. The molecule has 0 aliphatic carbocycles. The van der Waals surface area contributed by atoms with Gasteiger partial charge in [0.15, 0.2) is 0 Å². The molecule has 0 spiro atoms. The highest BCUT2D eigenvalue weighted by molar-refractivity contribution is 7.21. The zero-order valence-electron chi connectivity index (χ0n) is 17.4. The van der Waals surface area contributed by atoms with Crippen LogP contribution >= 0.6 is 11.3 Å². The number of nitrogens with zero attached hydrogens (tertiary/aromatic N) is 2. The van der Waals surface area contributed by atoms with Gasteiger partial charge in [-0.15, -0.1) is 11.3 Å². The summed E-state index contributed by atoms with van der Waals surface area (Å²) < 4.78 is 20.7. The molecule has 8 heteroatoms. The van der Waals surface area contributed by atoms with Crippen molar-refractivity contribution in [2.75, 3.05) is 30.3 Å². The molecule has 3 N–H and O–H groups in total. The number of aromatic nitrogens is 1. The largest absolute Gasteiger partial charge is 0.491 e. The second kappa shape index (κ2) is 8.00. The van der Waals surface area contributed by atoms with Gasteiger partial charge in [0.25, 0.3) is 5.91 Å². The van der Waals surface area contributed by atoms with E-state index in [0.717, 1.165) is 47.4 Å². The monoisotopic (exact) mass is 440 g/mol. The number of amides is 1. The van der Waals surface area contributed by atoms with E-state index in [4.69, 9.17) is 10.5 Å². The number of ether oxygens (including phenoxy) is 1. The van der Waals surface area contributed by atoms with Crippen molar-refractivity contribution in [3.63, 3.8) is 0 Å².